The number of ketones is 1. The molecular formula is C16H13BrF2O2. The van der Waals surface area contributed by atoms with Crippen LogP contribution in [0.3, 0.4) is 0 Å². The molecule has 0 saturated carbocycles. The molecule has 0 aliphatic carbocycles. The lowest BCUT2D eigenvalue weighted by Crippen LogP contribution is -2.31. The number of hydrogen-bond donors (Lipinski definition) is 0. The summed E-state index contributed by atoms with van der Waals surface area (Å²) in [5.74, 6) is -1.63. The Balaban J connectivity index is 2.09. The zero-order valence-electron chi connectivity index (χ0n) is 11.3. The summed E-state index contributed by atoms with van der Waals surface area (Å²) in [6.07, 6.45) is 0. The molecule has 2 nitrogen and oxygen atoms in total. The van der Waals surface area contributed by atoms with Gasteiger partial charge in [-0.25, -0.2) is 8.78 Å². The molecule has 2 aromatic rings. The van der Waals surface area contributed by atoms with Crippen molar-refractivity contribution in [2.75, 3.05) is 0 Å². The Hall–Kier alpha value is -1.59. The van der Waals surface area contributed by atoms with E-state index in [4.69, 9.17) is 4.74 Å². The first-order chi connectivity index (χ1) is 9.88. The van der Waals surface area contributed by atoms with Crippen LogP contribution in [0.5, 0.6) is 0 Å². The number of carbonyl (C=O) groups excluding carboxylic acids is 1. The van der Waals surface area contributed by atoms with Crippen molar-refractivity contribution < 1.29 is 18.3 Å². The van der Waals surface area contributed by atoms with Gasteiger partial charge in [0, 0.05) is 11.6 Å². The highest BCUT2D eigenvalue weighted by Gasteiger charge is 2.31. The summed E-state index contributed by atoms with van der Waals surface area (Å²) < 4.78 is 30.4. The van der Waals surface area contributed by atoms with Crippen LogP contribution in [0.2, 0.25) is 0 Å². The smallest absolute Gasteiger partial charge is 0.205 e. The molecule has 2 aromatic carbocycles. The van der Waals surface area contributed by atoms with E-state index >= 15 is 0 Å². The number of halogens is 3. The normalized spacial score (nSPS) is 13.7. The maximum Gasteiger partial charge on any atom is 0.205 e. The summed E-state index contributed by atoms with van der Waals surface area (Å²) in [7, 11) is 0. The molecule has 21 heavy (non-hydrogen) atoms. The molecule has 0 radical (unpaired) electrons. The number of hydrogen-bond acceptors (Lipinski definition) is 2. The third-order valence-corrected chi connectivity index (χ3v) is 3.46. The Morgan fingerprint density at radius 2 is 1.71 bits per heavy atom. The highest BCUT2D eigenvalue weighted by atomic mass is 79.9. The SMILES string of the molecule is CC(Br)(OCc1cc(F)cc(F)c1)C(=O)c1ccccc1. The number of rotatable bonds is 5. The molecule has 0 amide bonds. The topological polar surface area (TPSA) is 26.3 Å². The largest absolute Gasteiger partial charge is 0.352 e. The van der Waals surface area contributed by atoms with Crippen molar-refractivity contribution in [3.8, 4) is 0 Å². The van der Waals surface area contributed by atoms with Crippen LogP contribution < -0.4 is 0 Å². The van der Waals surface area contributed by atoms with Crippen molar-refractivity contribution in [2.45, 2.75) is 18.0 Å². The Labute approximate surface area is 129 Å². The van der Waals surface area contributed by atoms with E-state index in [1.54, 1.807) is 37.3 Å². The zero-order chi connectivity index (χ0) is 15.5. The van der Waals surface area contributed by atoms with Gasteiger partial charge in [0.25, 0.3) is 0 Å². The summed E-state index contributed by atoms with van der Waals surface area (Å²) in [5, 5.41) is 0. The second-order valence-corrected chi connectivity index (χ2v) is 6.19. The van der Waals surface area contributed by atoms with E-state index < -0.39 is 16.1 Å². The highest BCUT2D eigenvalue weighted by Crippen LogP contribution is 2.26. The molecule has 0 spiro atoms. The van der Waals surface area contributed by atoms with Crippen LogP contribution in [-0.4, -0.2) is 10.3 Å². The third-order valence-electron chi connectivity index (χ3n) is 2.87. The first-order valence-corrected chi connectivity index (χ1v) is 7.05. The van der Waals surface area contributed by atoms with Crippen LogP contribution in [-0.2, 0) is 11.3 Å². The number of Topliss-reactive ketones (excluding diaryl/α,β-unsaturated/α-hetero) is 1. The van der Waals surface area contributed by atoms with Gasteiger partial charge in [0.1, 0.15) is 11.6 Å². The van der Waals surface area contributed by atoms with Crippen LogP contribution in [0, 0.1) is 11.6 Å². The van der Waals surface area contributed by atoms with Gasteiger partial charge in [0.05, 0.1) is 6.61 Å². The molecule has 0 N–H and O–H groups in total. The maximum absolute atomic E-state index is 13.1. The lowest BCUT2D eigenvalue weighted by Gasteiger charge is -2.22. The van der Waals surface area contributed by atoms with E-state index in [-0.39, 0.29) is 12.4 Å². The second-order valence-electron chi connectivity index (χ2n) is 4.68. The fourth-order valence-corrected chi connectivity index (χ4v) is 2.17. The Morgan fingerprint density at radius 3 is 2.29 bits per heavy atom. The molecule has 0 aliphatic rings. The van der Waals surface area contributed by atoms with E-state index in [1.165, 1.54) is 12.1 Å². The van der Waals surface area contributed by atoms with Crippen LogP contribution >= 0.6 is 15.9 Å². The maximum atomic E-state index is 13.1. The lowest BCUT2D eigenvalue weighted by molar-refractivity contribution is 0.0285. The van der Waals surface area contributed by atoms with E-state index in [2.05, 4.69) is 15.9 Å². The summed E-state index contributed by atoms with van der Waals surface area (Å²) in [6.45, 7) is 1.47. The molecule has 1 unspecified atom stereocenters. The van der Waals surface area contributed by atoms with E-state index in [0.717, 1.165) is 6.07 Å². The van der Waals surface area contributed by atoms with Gasteiger partial charge in [0.15, 0.2) is 4.51 Å². The van der Waals surface area contributed by atoms with Crippen LogP contribution in [0.15, 0.2) is 48.5 Å². The van der Waals surface area contributed by atoms with Gasteiger partial charge in [-0.05, 0) is 40.5 Å². The molecule has 0 bridgehead atoms. The summed E-state index contributed by atoms with van der Waals surface area (Å²) in [4.78, 5) is 12.3. The predicted octanol–water partition coefficient (Wildman–Crippen LogP) is 4.48. The molecular weight excluding hydrogens is 342 g/mol. The first-order valence-electron chi connectivity index (χ1n) is 6.26. The van der Waals surface area contributed by atoms with Gasteiger partial charge in [-0.15, -0.1) is 0 Å². The first kappa shape index (κ1) is 15.8. The van der Waals surface area contributed by atoms with E-state index in [0.29, 0.717) is 11.1 Å². The number of ether oxygens (including phenoxy) is 1. The average Bonchev–Trinajstić information content (AvgIpc) is 2.44. The Morgan fingerprint density at radius 1 is 1.14 bits per heavy atom. The summed E-state index contributed by atoms with van der Waals surface area (Å²) in [5.41, 5.74) is 0.807. The van der Waals surface area contributed by atoms with Gasteiger partial charge >= 0.3 is 0 Å². The van der Waals surface area contributed by atoms with Gasteiger partial charge < -0.3 is 4.74 Å². The average molecular weight is 355 g/mol. The van der Waals surface area contributed by atoms with E-state index in [9.17, 15) is 13.6 Å². The van der Waals surface area contributed by atoms with E-state index in [1.807, 2.05) is 0 Å². The van der Waals surface area contributed by atoms with Crippen molar-refractivity contribution in [3.05, 3.63) is 71.3 Å². The van der Waals surface area contributed by atoms with Crippen molar-refractivity contribution in [1.29, 1.82) is 0 Å². The summed E-state index contributed by atoms with van der Waals surface area (Å²) in [6, 6.07) is 11.8. The molecule has 0 fully saturated rings. The Bertz CT molecular complexity index is 622. The van der Waals surface area contributed by atoms with Crippen molar-refractivity contribution >= 4 is 21.7 Å². The predicted molar refractivity (Wildman–Crippen MR) is 79.3 cm³/mol. The van der Waals surface area contributed by atoms with Crippen molar-refractivity contribution in [1.82, 2.24) is 0 Å². The standard InChI is InChI=1S/C16H13BrF2O2/c1-16(17,15(20)12-5-3-2-4-6-12)21-10-11-7-13(18)9-14(19)8-11/h2-9H,10H2,1H3. The molecule has 0 heterocycles. The minimum absolute atomic E-state index is 0.0883. The lowest BCUT2D eigenvalue weighted by atomic mass is 10.1. The zero-order valence-corrected chi connectivity index (χ0v) is 12.9. The van der Waals surface area contributed by atoms with Crippen LogP contribution in [0.4, 0.5) is 8.78 Å². The molecule has 110 valence electrons. The highest BCUT2D eigenvalue weighted by molar-refractivity contribution is 9.10. The van der Waals surface area contributed by atoms with Gasteiger partial charge in [0.2, 0.25) is 5.78 Å². The fourth-order valence-electron chi connectivity index (χ4n) is 1.83. The second kappa shape index (κ2) is 6.45. The number of benzene rings is 2. The summed E-state index contributed by atoms with van der Waals surface area (Å²) >= 11 is 3.22. The molecule has 1 atom stereocenters. The molecule has 0 aromatic heterocycles. The third kappa shape index (κ3) is 4.19. The van der Waals surface area contributed by atoms with Crippen molar-refractivity contribution in [3.63, 3.8) is 0 Å². The van der Waals surface area contributed by atoms with Gasteiger partial charge in [-0.1, -0.05) is 30.3 Å². The fraction of sp³-hybridized carbons (Fsp3) is 0.188. The molecule has 2 rings (SSSR count). The molecule has 0 saturated heterocycles. The van der Waals surface area contributed by atoms with Gasteiger partial charge in [-0.3, -0.25) is 4.79 Å². The number of alkyl halides is 1. The number of carbonyl (C=O) groups is 1. The molecule has 0 aliphatic heterocycles. The molecule has 5 heteroatoms. The Kier molecular flexibility index (Phi) is 4.85. The van der Waals surface area contributed by atoms with Crippen LogP contribution in [0.25, 0.3) is 0 Å². The van der Waals surface area contributed by atoms with Crippen molar-refractivity contribution in [2.24, 2.45) is 0 Å². The van der Waals surface area contributed by atoms with Gasteiger partial charge in [-0.2, -0.15) is 0 Å². The minimum Gasteiger partial charge on any atom is -0.352 e. The minimum atomic E-state index is -1.27. The quantitative estimate of drug-likeness (QED) is 0.584. The monoisotopic (exact) mass is 354 g/mol. The van der Waals surface area contributed by atoms with Crippen LogP contribution in [0.1, 0.15) is 22.8 Å².